The summed E-state index contributed by atoms with van der Waals surface area (Å²) >= 11 is 1.80. The molecule has 0 spiro atoms. The van der Waals surface area contributed by atoms with Gasteiger partial charge in [0, 0.05) is 0 Å². The normalized spacial score (nSPS) is 11.1. The smallest absolute Gasteiger partial charge is 0.129 e. The molecule has 0 amide bonds. The van der Waals surface area contributed by atoms with E-state index in [0.29, 0.717) is 0 Å². The number of rotatable bonds is 5. The van der Waals surface area contributed by atoms with Crippen molar-refractivity contribution in [1.29, 1.82) is 0 Å². The first-order valence-electron chi connectivity index (χ1n) is 6.62. The molecule has 1 aromatic heterocycles. The largest absolute Gasteiger partial charge is 0.135 e. The molecule has 0 aromatic carbocycles. The molecule has 94 valence electrons. The van der Waals surface area contributed by atoms with Gasteiger partial charge in [-0.1, -0.05) is 51.7 Å². The van der Waals surface area contributed by atoms with Gasteiger partial charge < -0.3 is 0 Å². The summed E-state index contributed by atoms with van der Waals surface area (Å²) < 4.78 is 0. The monoisotopic (exact) mass is 264 g/mol. The molecular formula is C15H24SSi. The van der Waals surface area contributed by atoms with E-state index < -0.39 is 8.07 Å². The van der Waals surface area contributed by atoms with Crippen LogP contribution in [0.4, 0.5) is 0 Å². The predicted octanol–water partition coefficient (Wildman–Crippen LogP) is 5.10. The predicted molar refractivity (Wildman–Crippen MR) is 82.4 cm³/mol. The van der Waals surface area contributed by atoms with Crippen LogP contribution in [0.15, 0.2) is 11.4 Å². The average Bonchev–Trinajstić information content (AvgIpc) is 2.68. The molecule has 0 bridgehead atoms. The van der Waals surface area contributed by atoms with Gasteiger partial charge in [-0.3, -0.25) is 0 Å². The summed E-state index contributed by atoms with van der Waals surface area (Å²) in [5, 5.41) is 2.18. The maximum atomic E-state index is 3.47. The fourth-order valence-electron chi connectivity index (χ4n) is 1.63. The maximum absolute atomic E-state index is 3.47. The number of thiophene rings is 1. The van der Waals surface area contributed by atoms with E-state index in [1.165, 1.54) is 42.5 Å². The molecule has 0 radical (unpaired) electrons. The van der Waals surface area contributed by atoms with Gasteiger partial charge in [0.1, 0.15) is 8.07 Å². The van der Waals surface area contributed by atoms with Crippen molar-refractivity contribution in [2.24, 2.45) is 0 Å². The summed E-state index contributed by atoms with van der Waals surface area (Å²) in [5.74, 6) is 3.40. The van der Waals surface area contributed by atoms with Gasteiger partial charge in [-0.25, -0.2) is 0 Å². The molecule has 1 heterocycles. The number of hydrogen-bond acceptors (Lipinski definition) is 1. The minimum atomic E-state index is -1.23. The zero-order chi connectivity index (χ0) is 12.7. The zero-order valence-electron chi connectivity index (χ0n) is 11.6. The van der Waals surface area contributed by atoms with Crippen molar-refractivity contribution >= 4 is 19.4 Å². The lowest BCUT2D eigenvalue weighted by atomic mass is 10.1. The second-order valence-corrected chi connectivity index (χ2v) is 11.3. The Hall–Kier alpha value is -0.523. The minimum absolute atomic E-state index is 1.21. The summed E-state index contributed by atoms with van der Waals surface area (Å²) in [6, 6.07) is 2.25. The lowest BCUT2D eigenvalue weighted by molar-refractivity contribution is 0.667. The van der Waals surface area contributed by atoms with E-state index >= 15 is 0 Å². The van der Waals surface area contributed by atoms with Gasteiger partial charge in [-0.15, -0.1) is 16.9 Å². The molecule has 1 rings (SSSR count). The first kappa shape index (κ1) is 14.5. The Morgan fingerprint density at radius 3 is 2.59 bits per heavy atom. The Balaban J connectivity index is 2.56. The molecule has 2 heteroatoms. The minimum Gasteiger partial charge on any atom is -0.135 e. The molecule has 0 aliphatic heterocycles. The van der Waals surface area contributed by atoms with Gasteiger partial charge in [0.25, 0.3) is 0 Å². The molecule has 0 saturated carbocycles. The zero-order valence-corrected chi connectivity index (χ0v) is 13.4. The second-order valence-electron chi connectivity index (χ2n) is 5.59. The van der Waals surface area contributed by atoms with Crippen LogP contribution in [0.2, 0.25) is 19.6 Å². The maximum Gasteiger partial charge on any atom is 0.129 e. The molecule has 0 unspecified atom stereocenters. The molecule has 0 saturated heterocycles. The van der Waals surface area contributed by atoms with Crippen molar-refractivity contribution in [1.82, 2.24) is 0 Å². The first-order chi connectivity index (χ1) is 8.03. The third-order valence-electron chi connectivity index (χ3n) is 2.60. The van der Waals surface area contributed by atoms with Crippen molar-refractivity contribution in [3.8, 4) is 11.5 Å². The molecular weight excluding hydrogens is 240 g/mol. The van der Waals surface area contributed by atoms with Crippen molar-refractivity contribution < 1.29 is 0 Å². The topological polar surface area (TPSA) is 0 Å². The molecule has 0 aliphatic carbocycles. The Bertz CT molecular complexity index is 387. The molecule has 0 aliphatic rings. The van der Waals surface area contributed by atoms with Crippen molar-refractivity contribution in [2.75, 3.05) is 0 Å². The van der Waals surface area contributed by atoms with Gasteiger partial charge in [-0.05, 0) is 29.9 Å². The van der Waals surface area contributed by atoms with Gasteiger partial charge in [-0.2, -0.15) is 0 Å². The highest BCUT2D eigenvalue weighted by atomic mass is 32.1. The van der Waals surface area contributed by atoms with E-state index in [-0.39, 0.29) is 0 Å². The lowest BCUT2D eigenvalue weighted by Gasteiger charge is -2.03. The van der Waals surface area contributed by atoms with Gasteiger partial charge in [0.05, 0.1) is 4.88 Å². The Labute approximate surface area is 111 Å². The van der Waals surface area contributed by atoms with E-state index in [9.17, 15) is 0 Å². The first-order valence-corrected chi connectivity index (χ1v) is 11.0. The SMILES string of the molecule is CCCCCCc1ccsc1C#C[Si](C)(C)C. The van der Waals surface area contributed by atoms with Gasteiger partial charge >= 0.3 is 0 Å². The number of unbranched alkanes of at least 4 members (excludes halogenated alkanes) is 3. The van der Waals surface area contributed by atoms with Crippen LogP contribution in [0.5, 0.6) is 0 Å². The Morgan fingerprint density at radius 2 is 1.94 bits per heavy atom. The van der Waals surface area contributed by atoms with Crippen LogP contribution in [0.25, 0.3) is 0 Å². The molecule has 17 heavy (non-hydrogen) atoms. The number of aryl methyl sites for hydroxylation is 1. The second kappa shape index (κ2) is 7.03. The van der Waals surface area contributed by atoms with Crippen molar-refractivity contribution in [3.05, 3.63) is 21.9 Å². The Morgan fingerprint density at radius 1 is 1.18 bits per heavy atom. The van der Waals surface area contributed by atoms with E-state index in [0.717, 1.165) is 0 Å². The lowest BCUT2D eigenvalue weighted by Crippen LogP contribution is -2.16. The number of hydrogen-bond donors (Lipinski definition) is 0. The van der Waals surface area contributed by atoms with Crippen LogP contribution in [0.1, 0.15) is 43.0 Å². The van der Waals surface area contributed by atoms with Crippen molar-refractivity contribution in [2.45, 2.75) is 58.7 Å². The highest BCUT2D eigenvalue weighted by Gasteiger charge is 2.08. The van der Waals surface area contributed by atoms with Crippen LogP contribution in [0, 0.1) is 11.5 Å². The summed E-state index contributed by atoms with van der Waals surface area (Å²) in [4.78, 5) is 1.31. The third-order valence-corrected chi connectivity index (χ3v) is 4.34. The quantitative estimate of drug-likeness (QED) is 0.394. The van der Waals surface area contributed by atoms with E-state index in [2.05, 4.69) is 49.5 Å². The van der Waals surface area contributed by atoms with E-state index in [1.54, 1.807) is 11.3 Å². The molecule has 0 nitrogen and oxygen atoms in total. The van der Waals surface area contributed by atoms with Crippen LogP contribution in [-0.4, -0.2) is 8.07 Å². The summed E-state index contributed by atoms with van der Waals surface area (Å²) in [6.07, 6.45) is 6.55. The van der Waals surface area contributed by atoms with Crippen molar-refractivity contribution in [3.63, 3.8) is 0 Å². The summed E-state index contributed by atoms with van der Waals surface area (Å²) in [6.45, 7) is 9.16. The van der Waals surface area contributed by atoms with E-state index in [4.69, 9.17) is 0 Å². The van der Waals surface area contributed by atoms with Gasteiger partial charge in [0.15, 0.2) is 0 Å². The van der Waals surface area contributed by atoms with Crippen LogP contribution >= 0.6 is 11.3 Å². The van der Waals surface area contributed by atoms with Gasteiger partial charge in [0.2, 0.25) is 0 Å². The molecule has 0 atom stereocenters. The average molecular weight is 265 g/mol. The third kappa shape index (κ3) is 6.09. The van der Waals surface area contributed by atoms with Crippen LogP contribution < -0.4 is 0 Å². The molecule has 0 fully saturated rings. The van der Waals surface area contributed by atoms with Crippen LogP contribution in [0.3, 0.4) is 0 Å². The van der Waals surface area contributed by atoms with Crippen LogP contribution in [-0.2, 0) is 6.42 Å². The Kier molecular flexibility index (Phi) is 6.01. The molecule has 0 N–H and O–H groups in total. The highest BCUT2D eigenvalue weighted by molar-refractivity contribution is 7.10. The molecule has 1 aromatic rings. The highest BCUT2D eigenvalue weighted by Crippen LogP contribution is 2.18. The summed E-state index contributed by atoms with van der Waals surface area (Å²) in [7, 11) is -1.23. The van der Waals surface area contributed by atoms with E-state index in [1.807, 2.05) is 0 Å². The fourth-order valence-corrected chi connectivity index (χ4v) is 3.02. The summed E-state index contributed by atoms with van der Waals surface area (Å²) in [5.41, 5.74) is 4.93. The standard InChI is InChI=1S/C15H24SSi/c1-5-6-7-8-9-14-10-12-16-15(14)11-13-17(2,3)4/h10,12H,5-9H2,1-4H3. The fraction of sp³-hybridized carbons (Fsp3) is 0.600.